The molecule has 1 aromatic heterocycles. The van der Waals surface area contributed by atoms with Gasteiger partial charge in [-0.05, 0) is 61.4 Å². The number of thioether (sulfide) groups is 1. The summed E-state index contributed by atoms with van der Waals surface area (Å²) >= 11 is 1.67. The summed E-state index contributed by atoms with van der Waals surface area (Å²) in [5.41, 5.74) is 1.39. The molecule has 0 aliphatic carbocycles. The molecule has 3 saturated heterocycles. The van der Waals surface area contributed by atoms with Crippen LogP contribution in [0, 0.1) is 5.92 Å². The summed E-state index contributed by atoms with van der Waals surface area (Å²) in [5, 5.41) is 0. The van der Waals surface area contributed by atoms with E-state index in [0.29, 0.717) is 24.6 Å². The third-order valence-corrected chi connectivity index (χ3v) is 6.27. The van der Waals surface area contributed by atoms with E-state index < -0.39 is 0 Å². The summed E-state index contributed by atoms with van der Waals surface area (Å²) < 4.78 is 0. The zero-order chi connectivity index (χ0) is 18.8. The Kier molecular flexibility index (Phi) is 5.16. The van der Waals surface area contributed by atoms with Crippen molar-refractivity contribution >= 4 is 23.6 Å². The Morgan fingerprint density at radius 3 is 2.33 bits per heavy atom. The Bertz CT molecular complexity index is 825. The minimum atomic E-state index is 0.0351. The summed E-state index contributed by atoms with van der Waals surface area (Å²) in [6.07, 6.45) is 7.35. The number of nitrogens with zero attached hydrogens (tertiary/aromatic N) is 3. The molecule has 2 bridgehead atoms. The second kappa shape index (κ2) is 7.72. The van der Waals surface area contributed by atoms with Gasteiger partial charge in [-0.1, -0.05) is 0 Å². The van der Waals surface area contributed by atoms with Crippen LogP contribution in [0.2, 0.25) is 0 Å². The maximum Gasteiger partial charge on any atom is 0.254 e. The normalized spacial score (nSPS) is 21.8. The van der Waals surface area contributed by atoms with Crippen molar-refractivity contribution in [3.8, 4) is 0 Å². The van der Waals surface area contributed by atoms with Crippen molar-refractivity contribution in [1.29, 1.82) is 0 Å². The zero-order valence-electron chi connectivity index (χ0n) is 15.4. The molecular formula is C21H23N3O2S. The number of benzene rings is 1. The lowest BCUT2D eigenvalue weighted by Crippen LogP contribution is -2.47. The Balaban J connectivity index is 1.52. The lowest BCUT2D eigenvalue weighted by atomic mass is 9.94. The zero-order valence-corrected chi connectivity index (χ0v) is 16.2. The van der Waals surface area contributed by atoms with Gasteiger partial charge in [-0.3, -0.25) is 14.6 Å². The molecule has 4 heterocycles. The minimum Gasteiger partial charge on any atom is -0.336 e. The van der Waals surface area contributed by atoms with Crippen molar-refractivity contribution in [2.75, 3.05) is 25.9 Å². The van der Waals surface area contributed by atoms with Crippen molar-refractivity contribution in [2.45, 2.75) is 23.8 Å². The Morgan fingerprint density at radius 2 is 1.63 bits per heavy atom. The fourth-order valence-corrected chi connectivity index (χ4v) is 4.48. The maximum atomic E-state index is 13.1. The van der Waals surface area contributed by atoms with Crippen molar-refractivity contribution in [2.24, 2.45) is 5.92 Å². The van der Waals surface area contributed by atoms with E-state index in [1.54, 1.807) is 36.3 Å². The van der Waals surface area contributed by atoms with E-state index in [-0.39, 0.29) is 17.9 Å². The molecule has 1 aromatic carbocycles. The smallest absolute Gasteiger partial charge is 0.254 e. The molecule has 3 aliphatic rings. The van der Waals surface area contributed by atoms with Crippen molar-refractivity contribution < 1.29 is 9.59 Å². The van der Waals surface area contributed by atoms with E-state index >= 15 is 0 Å². The molecule has 0 radical (unpaired) electrons. The lowest BCUT2D eigenvalue weighted by Gasteiger charge is -2.36. The van der Waals surface area contributed by atoms with Crippen LogP contribution in [0.25, 0.3) is 0 Å². The van der Waals surface area contributed by atoms with Gasteiger partial charge >= 0.3 is 0 Å². The van der Waals surface area contributed by atoms with Crippen LogP contribution in [0.5, 0.6) is 0 Å². The van der Waals surface area contributed by atoms with Gasteiger partial charge in [0.2, 0.25) is 0 Å². The summed E-state index contributed by atoms with van der Waals surface area (Å²) in [5.74, 6) is 0.451. The SMILES string of the molecule is CSc1ccc(C(=O)N2C[C@H]3CC[C@@H]2CN(C(=O)c2ccncc2)C3)cc1. The van der Waals surface area contributed by atoms with Crippen LogP contribution in [-0.4, -0.2) is 58.5 Å². The fraction of sp³-hybridized carbons (Fsp3) is 0.381. The van der Waals surface area contributed by atoms with Crippen LogP contribution >= 0.6 is 11.8 Å². The highest BCUT2D eigenvalue weighted by Gasteiger charge is 2.39. The highest BCUT2D eigenvalue weighted by atomic mass is 32.2. The first-order valence-corrected chi connectivity index (χ1v) is 10.5. The number of aromatic nitrogens is 1. The van der Waals surface area contributed by atoms with E-state index in [9.17, 15) is 9.59 Å². The quantitative estimate of drug-likeness (QED) is 0.767. The second-order valence-electron chi connectivity index (χ2n) is 7.23. The molecule has 3 aliphatic heterocycles. The molecule has 5 nitrogen and oxygen atoms in total. The average Bonchev–Trinajstić information content (AvgIpc) is 3.05. The number of pyridine rings is 1. The Morgan fingerprint density at radius 1 is 0.926 bits per heavy atom. The number of hydrogen-bond donors (Lipinski definition) is 0. The van der Waals surface area contributed by atoms with Gasteiger partial charge in [-0.25, -0.2) is 0 Å². The maximum absolute atomic E-state index is 13.1. The molecule has 3 fully saturated rings. The fourth-order valence-electron chi connectivity index (χ4n) is 4.07. The number of rotatable bonds is 3. The molecule has 5 rings (SSSR count). The van der Waals surface area contributed by atoms with E-state index in [0.717, 1.165) is 29.8 Å². The van der Waals surface area contributed by atoms with Crippen LogP contribution in [0.1, 0.15) is 33.6 Å². The van der Waals surface area contributed by atoms with Gasteiger partial charge < -0.3 is 9.80 Å². The number of fused-ring (bicyclic) bond motifs is 4. The highest BCUT2D eigenvalue weighted by molar-refractivity contribution is 7.98. The van der Waals surface area contributed by atoms with Crippen molar-refractivity contribution in [3.05, 3.63) is 59.9 Å². The molecule has 140 valence electrons. The molecule has 0 unspecified atom stereocenters. The van der Waals surface area contributed by atoms with Gasteiger partial charge in [0.05, 0.1) is 0 Å². The monoisotopic (exact) mass is 381 g/mol. The third-order valence-electron chi connectivity index (χ3n) is 5.53. The largest absolute Gasteiger partial charge is 0.336 e. The van der Waals surface area contributed by atoms with Crippen molar-refractivity contribution in [3.63, 3.8) is 0 Å². The number of amides is 2. The van der Waals surface area contributed by atoms with Crippen LogP contribution in [-0.2, 0) is 0 Å². The van der Waals surface area contributed by atoms with Gasteiger partial charge in [-0.2, -0.15) is 0 Å². The number of hydrogen-bond acceptors (Lipinski definition) is 4. The summed E-state index contributed by atoms with van der Waals surface area (Å²) in [4.78, 5) is 35.0. The van der Waals surface area contributed by atoms with Crippen LogP contribution in [0.3, 0.4) is 0 Å². The highest BCUT2D eigenvalue weighted by Crippen LogP contribution is 2.30. The van der Waals surface area contributed by atoms with Crippen molar-refractivity contribution in [1.82, 2.24) is 14.8 Å². The molecule has 2 aromatic rings. The predicted molar refractivity (Wildman–Crippen MR) is 106 cm³/mol. The van der Waals surface area contributed by atoms with Crippen LogP contribution in [0.4, 0.5) is 0 Å². The van der Waals surface area contributed by atoms with Gasteiger partial charge in [0.15, 0.2) is 0 Å². The van der Waals surface area contributed by atoms with Gasteiger partial charge in [0.25, 0.3) is 11.8 Å². The average molecular weight is 382 g/mol. The van der Waals surface area contributed by atoms with Gasteiger partial charge in [0, 0.05) is 54.1 Å². The second-order valence-corrected chi connectivity index (χ2v) is 8.11. The van der Waals surface area contributed by atoms with Crippen LogP contribution in [0.15, 0.2) is 53.7 Å². The predicted octanol–water partition coefficient (Wildman–Crippen LogP) is 3.18. The summed E-state index contributed by atoms with van der Waals surface area (Å²) in [6, 6.07) is 11.4. The van der Waals surface area contributed by atoms with Gasteiger partial charge in [0.1, 0.15) is 0 Å². The molecule has 6 heteroatoms. The number of carbonyl (C=O) groups excluding carboxylic acids is 2. The van der Waals surface area contributed by atoms with Gasteiger partial charge in [-0.15, -0.1) is 11.8 Å². The molecule has 27 heavy (non-hydrogen) atoms. The number of carbonyl (C=O) groups is 2. The molecule has 0 saturated carbocycles. The minimum absolute atomic E-state index is 0.0351. The Labute approximate surface area is 163 Å². The standard InChI is InChI=1S/C21H23N3O2S/c1-27-19-6-3-16(4-7-19)21(26)24-13-15-2-5-18(24)14-23(12-15)20(25)17-8-10-22-11-9-17/h3-4,6-11,15,18H,2,5,12-14H2,1H3/t15-,18+/m0/s1. The first-order valence-electron chi connectivity index (χ1n) is 9.30. The van der Waals surface area contributed by atoms with E-state index in [1.807, 2.05) is 40.3 Å². The molecule has 2 amide bonds. The summed E-state index contributed by atoms with van der Waals surface area (Å²) in [6.45, 7) is 2.05. The molecular weight excluding hydrogens is 358 g/mol. The van der Waals surface area contributed by atoms with E-state index in [2.05, 4.69) is 4.98 Å². The first-order chi connectivity index (χ1) is 13.2. The summed E-state index contributed by atoms with van der Waals surface area (Å²) in [7, 11) is 0. The van der Waals surface area contributed by atoms with E-state index in [4.69, 9.17) is 0 Å². The molecule has 2 atom stereocenters. The van der Waals surface area contributed by atoms with Crippen LogP contribution < -0.4 is 0 Å². The Hall–Kier alpha value is -2.34. The van der Waals surface area contributed by atoms with E-state index in [1.165, 1.54) is 0 Å². The molecule has 0 N–H and O–H groups in total. The topological polar surface area (TPSA) is 53.5 Å². The lowest BCUT2D eigenvalue weighted by molar-refractivity contribution is 0.0574. The first kappa shape index (κ1) is 18.0. The third kappa shape index (κ3) is 3.72. The number of piperidine rings is 1. The molecule has 0 spiro atoms.